The standard InChI is InChI=1S/C31H57N3O8/c1-11-12-21(8)29(41)33(23(14-19(4)5)25(36)17-28(39)40)30(42)31(9,10)34(26(37)15-20(6)7)27(38)16-24(35)22(32)13-18(2)3/h18-25,35-36H,11-17,32H2,1-10H3,(H,39,40)/t21?,22-,23-,24-,25-/m0/s1. The molecule has 1 unspecified atom stereocenters. The molecule has 0 aliphatic rings. The summed E-state index contributed by atoms with van der Waals surface area (Å²) in [5.41, 5.74) is 4.19. The Balaban J connectivity index is 6.96. The Labute approximate surface area is 252 Å². The zero-order valence-corrected chi connectivity index (χ0v) is 27.4. The fraction of sp³-hybridized carbons (Fsp3) is 0.839. The van der Waals surface area contributed by atoms with E-state index >= 15 is 0 Å². The van der Waals surface area contributed by atoms with Gasteiger partial charge in [-0.05, 0) is 50.9 Å². The number of carboxylic acids is 1. The molecule has 0 radical (unpaired) electrons. The van der Waals surface area contributed by atoms with E-state index in [4.69, 9.17) is 5.73 Å². The van der Waals surface area contributed by atoms with Crippen molar-refractivity contribution in [3.05, 3.63) is 0 Å². The lowest BCUT2D eigenvalue weighted by Crippen LogP contribution is -2.65. The van der Waals surface area contributed by atoms with Crippen LogP contribution in [0.4, 0.5) is 0 Å². The van der Waals surface area contributed by atoms with E-state index in [0.717, 1.165) is 9.80 Å². The summed E-state index contributed by atoms with van der Waals surface area (Å²) in [7, 11) is 0. The number of aliphatic hydroxyl groups is 2. The maximum Gasteiger partial charge on any atom is 0.306 e. The minimum Gasteiger partial charge on any atom is -0.481 e. The molecule has 5 atom stereocenters. The van der Waals surface area contributed by atoms with Gasteiger partial charge in [0, 0.05) is 18.4 Å². The molecule has 42 heavy (non-hydrogen) atoms. The van der Waals surface area contributed by atoms with Gasteiger partial charge in [0.15, 0.2) is 0 Å². The first-order valence-corrected chi connectivity index (χ1v) is 15.3. The third kappa shape index (κ3) is 12.1. The average molecular weight is 600 g/mol. The second-order valence-corrected chi connectivity index (χ2v) is 13.4. The summed E-state index contributed by atoms with van der Waals surface area (Å²) < 4.78 is 0. The number of aliphatic hydroxyl groups excluding tert-OH is 2. The molecule has 0 saturated carbocycles. The number of carbonyl (C=O) groups is 5. The van der Waals surface area contributed by atoms with E-state index in [2.05, 4.69) is 0 Å². The molecule has 4 amide bonds. The van der Waals surface area contributed by atoms with E-state index in [1.165, 1.54) is 13.8 Å². The van der Waals surface area contributed by atoms with Crippen molar-refractivity contribution in [3.63, 3.8) is 0 Å². The molecular formula is C31H57N3O8. The minimum atomic E-state index is -1.91. The van der Waals surface area contributed by atoms with Crippen molar-refractivity contribution in [2.45, 2.75) is 144 Å². The van der Waals surface area contributed by atoms with Crippen LogP contribution in [0.3, 0.4) is 0 Å². The topological polar surface area (TPSA) is 179 Å². The van der Waals surface area contributed by atoms with Crippen molar-refractivity contribution in [1.29, 1.82) is 0 Å². The van der Waals surface area contributed by atoms with Crippen LogP contribution in [0.25, 0.3) is 0 Å². The minimum absolute atomic E-state index is 0.0756. The van der Waals surface area contributed by atoms with Crippen LogP contribution in [0.15, 0.2) is 0 Å². The SMILES string of the molecule is CCCC(C)C(=O)N(C(=O)C(C)(C)N(C(=O)CC(C)C)C(=O)C[C@H](O)[C@@H](N)CC(C)C)[C@@H](CC(C)C)[C@@H](O)CC(=O)O. The average Bonchev–Trinajstić information content (AvgIpc) is 2.81. The van der Waals surface area contributed by atoms with Crippen LogP contribution in [0, 0.1) is 23.7 Å². The summed E-state index contributed by atoms with van der Waals surface area (Å²) in [6.07, 6.45) is -2.52. The lowest BCUT2D eigenvalue weighted by molar-refractivity contribution is -0.170. The quantitative estimate of drug-likeness (QED) is 0.184. The monoisotopic (exact) mass is 599 g/mol. The molecule has 0 rings (SSSR count). The van der Waals surface area contributed by atoms with Crippen molar-refractivity contribution < 1.29 is 39.3 Å². The molecule has 0 bridgehead atoms. The van der Waals surface area contributed by atoms with Crippen molar-refractivity contribution in [3.8, 4) is 0 Å². The van der Waals surface area contributed by atoms with Crippen LogP contribution in [0.1, 0.15) is 114 Å². The van der Waals surface area contributed by atoms with E-state index in [-0.39, 0.29) is 30.6 Å². The Kier molecular flexibility index (Phi) is 16.7. The first kappa shape index (κ1) is 39.6. The number of carboxylic acid groups (broad SMARTS) is 1. The molecule has 5 N–H and O–H groups in total. The fourth-order valence-corrected chi connectivity index (χ4v) is 5.16. The Morgan fingerprint density at radius 2 is 1.26 bits per heavy atom. The van der Waals surface area contributed by atoms with Crippen molar-refractivity contribution >= 4 is 29.6 Å². The third-order valence-corrected chi connectivity index (χ3v) is 7.26. The smallest absolute Gasteiger partial charge is 0.306 e. The molecule has 0 aliphatic heterocycles. The number of nitrogens with two attached hydrogens (primary N) is 1. The van der Waals surface area contributed by atoms with Gasteiger partial charge < -0.3 is 21.1 Å². The van der Waals surface area contributed by atoms with Gasteiger partial charge in [-0.2, -0.15) is 0 Å². The van der Waals surface area contributed by atoms with Gasteiger partial charge in [0.05, 0.1) is 31.1 Å². The highest BCUT2D eigenvalue weighted by molar-refractivity contribution is 6.07. The Hall–Kier alpha value is -2.37. The van der Waals surface area contributed by atoms with Gasteiger partial charge in [-0.15, -0.1) is 0 Å². The van der Waals surface area contributed by atoms with Gasteiger partial charge in [0.2, 0.25) is 17.7 Å². The predicted molar refractivity (Wildman–Crippen MR) is 161 cm³/mol. The number of nitrogens with zero attached hydrogens (tertiary/aromatic N) is 2. The van der Waals surface area contributed by atoms with Crippen LogP contribution in [-0.4, -0.2) is 84.5 Å². The normalized spacial score (nSPS) is 15.7. The highest BCUT2D eigenvalue weighted by Crippen LogP contribution is 2.29. The van der Waals surface area contributed by atoms with Gasteiger partial charge in [0.1, 0.15) is 5.54 Å². The summed E-state index contributed by atoms with van der Waals surface area (Å²) in [5, 5.41) is 31.1. The highest BCUT2D eigenvalue weighted by atomic mass is 16.4. The maximum absolute atomic E-state index is 14.4. The number of rotatable bonds is 18. The van der Waals surface area contributed by atoms with Crippen LogP contribution in [-0.2, 0) is 24.0 Å². The number of imide groups is 2. The van der Waals surface area contributed by atoms with E-state index in [1.54, 1.807) is 20.8 Å². The predicted octanol–water partition coefficient (Wildman–Crippen LogP) is 3.33. The van der Waals surface area contributed by atoms with Gasteiger partial charge in [-0.25, -0.2) is 0 Å². The number of hydrogen-bond acceptors (Lipinski definition) is 8. The second-order valence-electron chi connectivity index (χ2n) is 13.4. The molecule has 0 aromatic rings. The van der Waals surface area contributed by atoms with E-state index in [0.29, 0.717) is 19.3 Å². The van der Waals surface area contributed by atoms with Crippen LogP contribution in [0.5, 0.6) is 0 Å². The number of hydrogen-bond donors (Lipinski definition) is 4. The molecule has 0 saturated heterocycles. The molecule has 0 aliphatic carbocycles. The molecule has 0 heterocycles. The molecule has 11 nitrogen and oxygen atoms in total. The summed E-state index contributed by atoms with van der Waals surface area (Å²) in [6.45, 7) is 17.3. The lowest BCUT2D eigenvalue weighted by atomic mass is 9.90. The van der Waals surface area contributed by atoms with Crippen LogP contribution >= 0.6 is 0 Å². The molecule has 0 spiro atoms. The van der Waals surface area contributed by atoms with Crippen molar-refractivity contribution in [2.24, 2.45) is 29.4 Å². The summed E-state index contributed by atoms with van der Waals surface area (Å²) >= 11 is 0. The fourth-order valence-electron chi connectivity index (χ4n) is 5.16. The molecule has 244 valence electrons. The Bertz CT molecular complexity index is 918. The molecule has 0 aromatic heterocycles. The summed E-state index contributed by atoms with van der Waals surface area (Å²) in [5.74, 6) is -5.08. The van der Waals surface area contributed by atoms with Gasteiger partial charge in [-0.1, -0.05) is 61.8 Å². The van der Waals surface area contributed by atoms with Crippen molar-refractivity contribution in [1.82, 2.24) is 9.80 Å². The summed E-state index contributed by atoms with van der Waals surface area (Å²) in [6, 6.07) is -1.94. The van der Waals surface area contributed by atoms with Gasteiger partial charge in [-0.3, -0.25) is 33.8 Å². The molecule has 0 fully saturated rings. The number of carbonyl (C=O) groups excluding carboxylic acids is 4. The second kappa shape index (κ2) is 17.7. The molecular weight excluding hydrogens is 542 g/mol. The van der Waals surface area contributed by atoms with Crippen molar-refractivity contribution in [2.75, 3.05) is 0 Å². The lowest BCUT2D eigenvalue weighted by Gasteiger charge is -2.43. The zero-order valence-electron chi connectivity index (χ0n) is 27.4. The van der Waals surface area contributed by atoms with Crippen LogP contribution in [0.2, 0.25) is 0 Å². The van der Waals surface area contributed by atoms with E-state index < -0.39 is 78.2 Å². The molecule has 11 heteroatoms. The zero-order chi connectivity index (χ0) is 33.1. The van der Waals surface area contributed by atoms with Crippen LogP contribution < -0.4 is 5.73 Å². The largest absolute Gasteiger partial charge is 0.481 e. The first-order chi connectivity index (χ1) is 19.2. The van der Waals surface area contributed by atoms with Gasteiger partial charge >= 0.3 is 5.97 Å². The maximum atomic E-state index is 14.4. The highest BCUT2D eigenvalue weighted by Gasteiger charge is 2.49. The Morgan fingerprint density at radius 1 is 0.762 bits per heavy atom. The van der Waals surface area contributed by atoms with E-state index in [1.807, 2.05) is 34.6 Å². The van der Waals surface area contributed by atoms with E-state index in [9.17, 15) is 39.3 Å². The number of amides is 4. The molecule has 0 aromatic carbocycles. The Morgan fingerprint density at radius 3 is 1.69 bits per heavy atom. The third-order valence-electron chi connectivity index (χ3n) is 7.26. The first-order valence-electron chi connectivity index (χ1n) is 15.3. The number of aliphatic carboxylic acids is 1. The summed E-state index contributed by atoms with van der Waals surface area (Å²) in [4.78, 5) is 68.7. The van der Waals surface area contributed by atoms with Gasteiger partial charge in [0.25, 0.3) is 5.91 Å².